The summed E-state index contributed by atoms with van der Waals surface area (Å²) in [7, 11) is 4.01. The fourth-order valence-electron chi connectivity index (χ4n) is 2.07. The molecule has 0 unspecified atom stereocenters. The summed E-state index contributed by atoms with van der Waals surface area (Å²) in [5, 5.41) is 9.31. The molecule has 0 amide bonds. The Morgan fingerprint density at radius 3 is 2.14 bits per heavy atom. The number of phenols is 1. The van der Waals surface area contributed by atoms with E-state index in [0.717, 1.165) is 16.8 Å². The Morgan fingerprint density at radius 2 is 1.52 bits per heavy atom. The number of rotatable bonds is 3. The summed E-state index contributed by atoms with van der Waals surface area (Å²) >= 11 is 0. The molecule has 0 saturated heterocycles. The molecule has 0 aliphatic rings. The van der Waals surface area contributed by atoms with E-state index in [-0.39, 0.29) is 5.75 Å². The van der Waals surface area contributed by atoms with Crippen LogP contribution in [0.5, 0.6) is 5.75 Å². The van der Waals surface area contributed by atoms with Crippen molar-refractivity contribution in [1.82, 2.24) is 4.98 Å². The van der Waals surface area contributed by atoms with E-state index < -0.39 is 0 Å². The van der Waals surface area contributed by atoms with E-state index in [1.54, 1.807) is 30.5 Å². The largest absolute Gasteiger partial charge is 0.508 e. The lowest BCUT2D eigenvalue weighted by atomic mass is 10.2. The van der Waals surface area contributed by atoms with Crippen LogP contribution in [0.3, 0.4) is 0 Å². The van der Waals surface area contributed by atoms with Crippen LogP contribution in [0.1, 0.15) is 0 Å². The minimum Gasteiger partial charge on any atom is -0.508 e. The number of hydrogen-bond acceptors (Lipinski definition) is 4. The maximum Gasteiger partial charge on any atom is 0.226 e. The smallest absolute Gasteiger partial charge is 0.226 e. The lowest BCUT2D eigenvalue weighted by Crippen LogP contribution is -2.07. The molecule has 0 bridgehead atoms. The van der Waals surface area contributed by atoms with Crippen molar-refractivity contribution in [3.05, 3.63) is 54.7 Å². The molecule has 106 valence electrons. The molecule has 1 N–H and O–H groups in total. The van der Waals surface area contributed by atoms with Gasteiger partial charge in [-0.1, -0.05) is 0 Å². The van der Waals surface area contributed by atoms with Crippen LogP contribution in [0.25, 0.3) is 22.8 Å². The van der Waals surface area contributed by atoms with Crippen LogP contribution in [-0.4, -0.2) is 24.2 Å². The molecule has 1 aromatic heterocycles. The molecular weight excluding hydrogens is 264 g/mol. The molecule has 0 aliphatic heterocycles. The number of anilines is 1. The highest BCUT2D eigenvalue weighted by atomic mass is 16.4. The number of nitrogens with zero attached hydrogens (tertiary/aromatic N) is 2. The molecule has 0 aliphatic carbocycles. The topological polar surface area (TPSA) is 49.5 Å². The van der Waals surface area contributed by atoms with Crippen molar-refractivity contribution < 1.29 is 9.52 Å². The SMILES string of the molecule is CN(C)c1ccc(-c2ncc(-c3ccc(O)cc3)o2)cc1. The molecule has 4 heteroatoms. The summed E-state index contributed by atoms with van der Waals surface area (Å²) < 4.78 is 5.79. The van der Waals surface area contributed by atoms with Gasteiger partial charge in [0.2, 0.25) is 5.89 Å². The molecule has 0 atom stereocenters. The number of benzene rings is 2. The Hall–Kier alpha value is -2.75. The Morgan fingerprint density at radius 1 is 0.905 bits per heavy atom. The number of hydrogen-bond donors (Lipinski definition) is 1. The monoisotopic (exact) mass is 280 g/mol. The first-order valence-electron chi connectivity index (χ1n) is 6.66. The lowest BCUT2D eigenvalue weighted by molar-refractivity contribution is 0.475. The predicted molar refractivity (Wildman–Crippen MR) is 83.4 cm³/mol. The van der Waals surface area contributed by atoms with E-state index in [4.69, 9.17) is 4.42 Å². The molecule has 0 saturated carbocycles. The van der Waals surface area contributed by atoms with Gasteiger partial charge < -0.3 is 14.4 Å². The standard InChI is InChI=1S/C17H16N2O2/c1-19(2)14-7-3-13(4-8-14)17-18-11-16(21-17)12-5-9-15(20)10-6-12/h3-11,20H,1-2H3. The minimum absolute atomic E-state index is 0.234. The van der Waals surface area contributed by atoms with E-state index in [1.165, 1.54) is 0 Å². The second-order valence-electron chi connectivity index (χ2n) is 5.02. The molecule has 0 radical (unpaired) electrons. The molecule has 2 aromatic carbocycles. The van der Waals surface area contributed by atoms with E-state index in [1.807, 2.05) is 43.3 Å². The summed E-state index contributed by atoms with van der Waals surface area (Å²) in [6.07, 6.45) is 1.70. The Labute approximate surface area is 123 Å². The zero-order valence-electron chi connectivity index (χ0n) is 11.9. The van der Waals surface area contributed by atoms with Crippen molar-refractivity contribution in [2.24, 2.45) is 0 Å². The summed E-state index contributed by atoms with van der Waals surface area (Å²) in [5.41, 5.74) is 2.95. The van der Waals surface area contributed by atoms with Crippen molar-refractivity contribution in [1.29, 1.82) is 0 Å². The quantitative estimate of drug-likeness (QED) is 0.793. The van der Waals surface area contributed by atoms with Gasteiger partial charge in [0.15, 0.2) is 5.76 Å². The Kier molecular flexibility index (Phi) is 3.36. The fraction of sp³-hybridized carbons (Fsp3) is 0.118. The second-order valence-corrected chi connectivity index (χ2v) is 5.02. The number of aromatic hydroxyl groups is 1. The summed E-state index contributed by atoms with van der Waals surface area (Å²) in [4.78, 5) is 6.36. The molecule has 3 aromatic rings. The van der Waals surface area contributed by atoms with Gasteiger partial charge in [0.1, 0.15) is 5.75 Å². The normalized spacial score (nSPS) is 10.6. The first-order chi connectivity index (χ1) is 10.1. The van der Waals surface area contributed by atoms with Gasteiger partial charge in [-0.25, -0.2) is 4.98 Å². The molecule has 1 heterocycles. The lowest BCUT2D eigenvalue weighted by Gasteiger charge is -2.11. The molecule has 4 nitrogen and oxygen atoms in total. The average molecular weight is 280 g/mol. The Balaban J connectivity index is 1.89. The highest BCUT2D eigenvalue weighted by molar-refractivity contribution is 5.63. The highest BCUT2D eigenvalue weighted by Gasteiger charge is 2.08. The number of phenolic OH excluding ortho intramolecular Hbond substituents is 1. The van der Waals surface area contributed by atoms with Gasteiger partial charge in [-0.15, -0.1) is 0 Å². The summed E-state index contributed by atoms with van der Waals surface area (Å²) in [6, 6.07) is 14.9. The van der Waals surface area contributed by atoms with Crippen LogP contribution >= 0.6 is 0 Å². The number of oxazole rings is 1. The van der Waals surface area contributed by atoms with Gasteiger partial charge in [-0.3, -0.25) is 0 Å². The first-order valence-corrected chi connectivity index (χ1v) is 6.66. The molecular formula is C17H16N2O2. The number of aromatic nitrogens is 1. The van der Waals surface area contributed by atoms with Crippen LogP contribution in [0.15, 0.2) is 59.1 Å². The van der Waals surface area contributed by atoms with Gasteiger partial charge in [0.25, 0.3) is 0 Å². The third-order valence-corrected chi connectivity index (χ3v) is 3.29. The van der Waals surface area contributed by atoms with Crippen LogP contribution in [0, 0.1) is 0 Å². The zero-order chi connectivity index (χ0) is 14.8. The summed E-state index contributed by atoms with van der Waals surface area (Å²) in [5.74, 6) is 1.50. The van der Waals surface area contributed by atoms with E-state index in [2.05, 4.69) is 4.98 Å². The van der Waals surface area contributed by atoms with E-state index in [9.17, 15) is 5.11 Å². The van der Waals surface area contributed by atoms with Gasteiger partial charge in [-0.2, -0.15) is 0 Å². The highest BCUT2D eigenvalue weighted by Crippen LogP contribution is 2.28. The third-order valence-electron chi connectivity index (χ3n) is 3.29. The van der Waals surface area contributed by atoms with Crippen molar-refractivity contribution in [2.45, 2.75) is 0 Å². The van der Waals surface area contributed by atoms with Crippen molar-refractivity contribution in [2.75, 3.05) is 19.0 Å². The molecule has 3 rings (SSSR count). The van der Waals surface area contributed by atoms with Crippen LogP contribution < -0.4 is 4.90 Å². The first kappa shape index (κ1) is 13.2. The van der Waals surface area contributed by atoms with Crippen LogP contribution in [0.2, 0.25) is 0 Å². The molecule has 0 spiro atoms. The zero-order valence-corrected chi connectivity index (χ0v) is 11.9. The fourth-order valence-corrected chi connectivity index (χ4v) is 2.07. The van der Waals surface area contributed by atoms with Crippen LogP contribution in [0.4, 0.5) is 5.69 Å². The van der Waals surface area contributed by atoms with Crippen LogP contribution in [-0.2, 0) is 0 Å². The predicted octanol–water partition coefficient (Wildman–Crippen LogP) is 3.78. The van der Waals surface area contributed by atoms with Crippen molar-refractivity contribution in [3.8, 4) is 28.5 Å². The van der Waals surface area contributed by atoms with E-state index >= 15 is 0 Å². The summed E-state index contributed by atoms with van der Waals surface area (Å²) in [6.45, 7) is 0. The Bertz CT molecular complexity index is 728. The van der Waals surface area contributed by atoms with Gasteiger partial charge >= 0.3 is 0 Å². The minimum atomic E-state index is 0.234. The molecule has 21 heavy (non-hydrogen) atoms. The van der Waals surface area contributed by atoms with Gasteiger partial charge in [-0.05, 0) is 48.5 Å². The maximum absolute atomic E-state index is 9.31. The van der Waals surface area contributed by atoms with Crippen molar-refractivity contribution >= 4 is 5.69 Å². The van der Waals surface area contributed by atoms with Gasteiger partial charge in [0, 0.05) is 30.9 Å². The maximum atomic E-state index is 9.31. The average Bonchev–Trinajstić information content (AvgIpc) is 2.98. The van der Waals surface area contributed by atoms with Gasteiger partial charge in [0.05, 0.1) is 6.20 Å². The molecule has 0 fully saturated rings. The van der Waals surface area contributed by atoms with Crippen molar-refractivity contribution in [3.63, 3.8) is 0 Å². The second kappa shape index (κ2) is 5.32. The van der Waals surface area contributed by atoms with E-state index in [0.29, 0.717) is 11.7 Å². The third kappa shape index (κ3) is 2.74.